The Labute approximate surface area is 142 Å². The number of carbonyl (C=O) groups excluding carboxylic acids is 1. The maximum absolute atomic E-state index is 12.9. The molecule has 3 rings (SSSR count). The lowest BCUT2D eigenvalue weighted by Crippen LogP contribution is -2.12. The third-order valence-electron chi connectivity index (χ3n) is 3.58. The molecule has 1 aromatic carbocycles. The lowest BCUT2D eigenvalue weighted by Gasteiger charge is -2.07. The molecule has 0 fully saturated rings. The fourth-order valence-electron chi connectivity index (χ4n) is 2.37. The van der Waals surface area contributed by atoms with Gasteiger partial charge in [-0.2, -0.15) is 0 Å². The molecule has 2 aromatic heterocycles. The summed E-state index contributed by atoms with van der Waals surface area (Å²) in [5.41, 5.74) is 1.69. The molecule has 0 saturated carbocycles. The van der Waals surface area contributed by atoms with Crippen molar-refractivity contribution in [2.24, 2.45) is 0 Å². The van der Waals surface area contributed by atoms with E-state index < -0.39 is 10.0 Å². The lowest BCUT2D eigenvalue weighted by atomic mass is 10.1. The number of carbonyl (C=O) groups is 1. The minimum absolute atomic E-state index is 0.165. The summed E-state index contributed by atoms with van der Waals surface area (Å²) in [6, 6.07) is 8.22. The zero-order valence-electron chi connectivity index (χ0n) is 12.4. The largest absolute Gasteiger partial charge is 0.294 e. The smallest absolute Gasteiger partial charge is 0.268 e. The van der Waals surface area contributed by atoms with E-state index in [0.717, 1.165) is 9.54 Å². The normalized spacial score (nSPS) is 11.8. The number of aromatic nitrogens is 2. The fourth-order valence-corrected chi connectivity index (χ4v) is 4.06. The molecule has 3 aromatic rings. The van der Waals surface area contributed by atoms with Crippen LogP contribution in [0.5, 0.6) is 0 Å². The third-order valence-corrected chi connectivity index (χ3v) is 5.70. The standard InChI is InChI=1S/C16H13BrN2O3S/c1-10-3-5-12(6-4-10)23(21,22)19-9-14(11(2)20)13-7-16(17)18-8-15(13)19/h3-9H,1-2H3. The van der Waals surface area contributed by atoms with Gasteiger partial charge in [0.05, 0.1) is 16.6 Å². The minimum atomic E-state index is -3.80. The van der Waals surface area contributed by atoms with Gasteiger partial charge in [-0.1, -0.05) is 17.7 Å². The van der Waals surface area contributed by atoms with Crippen LogP contribution in [0.4, 0.5) is 0 Å². The number of benzene rings is 1. The van der Waals surface area contributed by atoms with Gasteiger partial charge in [0.1, 0.15) is 4.60 Å². The number of rotatable bonds is 3. The Morgan fingerprint density at radius 3 is 2.48 bits per heavy atom. The van der Waals surface area contributed by atoms with Gasteiger partial charge in [0.15, 0.2) is 5.78 Å². The van der Waals surface area contributed by atoms with E-state index in [0.29, 0.717) is 21.1 Å². The second kappa shape index (κ2) is 5.58. The van der Waals surface area contributed by atoms with Gasteiger partial charge >= 0.3 is 0 Å². The van der Waals surface area contributed by atoms with E-state index in [2.05, 4.69) is 20.9 Å². The molecule has 118 valence electrons. The van der Waals surface area contributed by atoms with Gasteiger partial charge in [-0.05, 0) is 48.0 Å². The number of Topliss-reactive ketones (excluding diaryl/α,β-unsaturated/α-hetero) is 1. The summed E-state index contributed by atoms with van der Waals surface area (Å²) in [6.45, 7) is 3.29. The Morgan fingerprint density at radius 2 is 1.87 bits per heavy atom. The van der Waals surface area contributed by atoms with Gasteiger partial charge in [0.25, 0.3) is 10.0 Å². The lowest BCUT2D eigenvalue weighted by molar-refractivity contribution is 0.101. The molecule has 0 N–H and O–H groups in total. The fraction of sp³-hybridized carbons (Fsp3) is 0.125. The number of fused-ring (bicyclic) bond motifs is 1. The van der Waals surface area contributed by atoms with E-state index in [4.69, 9.17) is 0 Å². The van der Waals surface area contributed by atoms with E-state index in [9.17, 15) is 13.2 Å². The summed E-state index contributed by atoms with van der Waals surface area (Å²) in [5, 5.41) is 0.551. The zero-order valence-corrected chi connectivity index (χ0v) is 14.8. The van der Waals surface area contributed by atoms with Gasteiger partial charge in [-0.3, -0.25) is 4.79 Å². The number of hydrogen-bond donors (Lipinski definition) is 0. The Morgan fingerprint density at radius 1 is 1.22 bits per heavy atom. The molecule has 7 heteroatoms. The van der Waals surface area contributed by atoms with Crippen LogP contribution in [0, 0.1) is 6.92 Å². The summed E-state index contributed by atoms with van der Waals surface area (Å²) in [4.78, 5) is 16.1. The first-order valence-corrected chi connectivity index (χ1v) is 9.04. The molecule has 23 heavy (non-hydrogen) atoms. The highest BCUT2D eigenvalue weighted by Crippen LogP contribution is 2.27. The van der Waals surface area contributed by atoms with Crippen molar-refractivity contribution in [1.82, 2.24) is 8.96 Å². The number of hydrogen-bond acceptors (Lipinski definition) is 4. The summed E-state index contributed by atoms with van der Waals surface area (Å²) >= 11 is 3.25. The SMILES string of the molecule is CC(=O)c1cn(S(=O)(=O)c2ccc(C)cc2)c2cnc(Br)cc12. The molecule has 0 spiro atoms. The average Bonchev–Trinajstić information content (AvgIpc) is 2.87. The van der Waals surface area contributed by atoms with Crippen LogP contribution < -0.4 is 0 Å². The predicted molar refractivity (Wildman–Crippen MR) is 91.2 cm³/mol. The van der Waals surface area contributed by atoms with Crippen molar-refractivity contribution < 1.29 is 13.2 Å². The number of ketones is 1. The molecule has 0 aliphatic rings. The summed E-state index contributed by atoms with van der Waals surface area (Å²) < 4.78 is 27.4. The molecule has 0 bridgehead atoms. The van der Waals surface area contributed by atoms with Gasteiger partial charge in [-0.15, -0.1) is 0 Å². The number of aryl methyl sites for hydroxylation is 1. The number of halogens is 1. The van der Waals surface area contributed by atoms with Crippen molar-refractivity contribution in [3.05, 3.63) is 58.5 Å². The van der Waals surface area contributed by atoms with Crippen molar-refractivity contribution >= 4 is 42.6 Å². The minimum Gasteiger partial charge on any atom is -0.294 e. The number of nitrogens with zero attached hydrogens (tertiary/aromatic N) is 2. The van der Waals surface area contributed by atoms with E-state index in [1.807, 2.05) is 6.92 Å². The van der Waals surface area contributed by atoms with E-state index in [-0.39, 0.29) is 10.7 Å². The van der Waals surface area contributed by atoms with Gasteiger partial charge < -0.3 is 0 Å². The van der Waals surface area contributed by atoms with Gasteiger partial charge in [-0.25, -0.2) is 17.4 Å². The summed E-state index contributed by atoms with van der Waals surface area (Å²) in [6.07, 6.45) is 2.80. The molecule has 0 saturated heterocycles. The average molecular weight is 393 g/mol. The Balaban J connectivity index is 2.31. The molecule has 5 nitrogen and oxygen atoms in total. The van der Waals surface area contributed by atoms with Crippen LogP contribution in [0.2, 0.25) is 0 Å². The molecular weight excluding hydrogens is 380 g/mol. The highest BCUT2D eigenvalue weighted by molar-refractivity contribution is 9.10. The molecule has 0 aliphatic carbocycles. The van der Waals surface area contributed by atoms with Crippen molar-refractivity contribution in [2.75, 3.05) is 0 Å². The Bertz CT molecular complexity index is 1020. The zero-order chi connectivity index (χ0) is 16.8. The van der Waals surface area contributed by atoms with Crippen LogP contribution in [0.1, 0.15) is 22.8 Å². The van der Waals surface area contributed by atoms with E-state index >= 15 is 0 Å². The van der Waals surface area contributed by atoms with Crippen molar-refractivity contribution in [3.8, 4) is 0 Å². The van der Waals surface area contributed by atoms with Crippen LogP contribution >= 0.6 is 15.9 Å². The summed E-state index contributed by atoms with van der Waals surface area (Å²) in [5.74, 6) is -0.203. The number of pyridine rings is 1. The molecule has 0 atom stereocenters. The highest BCUT2D eigenvalue weighted by atomic mass is 79.9. The van der Waals surface area contributed by atoms with Crippen molar-refractivity contribution in [2.45, 2.75) is 18.7 Å². The topological polar surface area (TPSA) is 69.0 Å². The highest BCUT2D eigenvalue weighted by Gasteiger charge is 2.23. The first kappa shape index (κ1) is 15.9. The molecule has 0 radical (unpaired) electrons. The maximum atomic E-state index is 12.9. The molecular formula is C16H13BrN2O3S. The Hall–Kier alpha value is -1.99. The van der Waals surface area contributed by atoms with Gasteiger partial charge in [0, 0.05) is 17.1 Å². The third kappa shape index (κ3) is 2.70. The first-order valence-electron chi connectivity index (χ1n) is 6.80. The van der Waals surface area contributed by atoms with Crippen LogP contribution in [-0.2, 0) is 10.0 Å². The van der Waals surface area contributed by atoms with Crippen LogP contribution in [0.3, 0.4) is 0 Å². The molecule has 0 aliphatic heterocycles. The van der Waals surface area contributed by atoms with Crippen molar-refractivity contribution in [1.29, 1.82) is 0 Å². The molecule has 2 heterocycles. The van der Waals surface area contributed by atoms with E-state index in [1.54, 1.807) is 30.3 Å². The summed E-state index contributed by atoms with van der Waals surface area (Å²) in [7, 11) is -3.80. The van der Waals surface area contributed by atoms with Gasteiger partial charge in [0.2, 0.25) is 0 Å². The second-order valence-corrected chi connectivity index (χ2v) is 7.86. The van der Waals surface area contributed by atoms with E-state index in [1.165, 1.54) is 19.3 Å². The second-order valence-electron chi connectivity index (χ2n) is 5.24. The Kier molecular flexibility index (Phi) is 3.85. The maximum Gasteiger partial charge on any atom is 0.268 e. The first-order chi connectivity index (χ1) is 10.8. The van der Waals surface area contributed by atoms with Crippen LogP contribution in [-0.4, -0.2) is 23.2 Å². The van der Waals surface area contributed by atoms with Crippen LogP contribution in [0.15, 0.2) is 52.2 Å². The van der Waals surface area contributed by atoms with Crippen LogP contribution in [0.25, 0.3) is 10.9 Å². The molecule has 0 unspecified atom stereocenters. The van der Waals surface area contributed by atoms with Crippen molar-refractivity contribution in [3.63, 3.8) is 0 Å². The quantitative estimate of drug-likeness (QED) is 0.504. The molecule has 0 amide bonds. The predicted octanol–water partition coefficient (Wildman–Crippen LogP) is 3.55. The monoisotopic (exact) mass is 392 g/mol.